The number of amides is 1. The van der Waals surface area contributed by atoms with E-state index in [1.54, 1.807) is 12.1 Å². The van der Waals surface area contributed by atoms with Crippen LogP contribution in [0.25, 0.3) is 10.6 Å². The number of nitrogens with zero attached hydrogens (tertiary/aromatic N) is 2. The highest BCUT2D eigenvalue weighted by Crippen LogP contribution is 2.34. The van der Waals surface area contributed by atoms with Crippen LogP contribution in [-0.2, 0) is 19.8 Å². The van der Waals surface area contributed by atoms with Crippen LogP contribution in [0.5, 0.6) is 0 Å². The lowest BCUT2D eigenvalue weighted by Crippen LogP contribution is -2.21. The summed E-state index contributed by atoms with van der Waals surface area (Å²) >= 11 is 2.65. The van der Waals surface area contributed by atoms with Crippen LogP contribution in [0.2, 0.25) is 0 Å². The van der Waals surface area contributed by atoms with Crippen molar-refractivity contribution in [1.82, 2.24) is 15.1 Å². The van der Waals surface area contributed by atoms with Gasteiger partial charge in [-0.15, -0.1) is 22.7 Å². The van der Waals surface area contributed by atoms with Gasteiger partial charge in [0.15, 0.2) is 0 Å². The molecule has 0 unspecified atom stereocenters. The third-order valence-electron chi connectivity index (χ3n) is 3.26. The summed E-state index contributed by atoms with van der Waals surface area (Å²) in [5.74, 6) is -0.258. The van der Waals surface area contributed by atoms with Gasteiger partial charge in [-0.3, -0.25) is 9.48 Å². The number of carbonyl (C=O) groups excluding carboxylic acids is 1. The van der Waals surface area contributed by atoms with Gasteiger partial charge in [-0.2, -0.15) is 18.3 Å². The Bertz CT molecular complexity index is 850. The molecule has 3 heterocycles. The van der Waals surface area contributed by atoms with E-state index in [-0.39, 0.29) is 11.6 Å². The highest BCUT2D eigenvalue weighted by Gasteiger charge is 2.35. The molecule has 0 bridgehead atoms. The fraction of sp³-hybridized carbons (Fsp3) is 0.200. The molecule has 0 aliphatic carbocycles. The maximum absolute atomic E-state index is 12.8. The first-order valence-corrected chi connectivity index (χ1v) is 8.56. The van der Waals surface area contributed by atoms with Gasteiger partial charge in [-0.1, -0.05) is 6.07 Å². The second-order valence-electron chi connectivity index (χ2n) is 4.96. The van der Waals surface area contributed by atoms with Crippen molar-refractivity contribution in [3.63, 3.8) is 0 Å². The molecule has 9 heteroatoms. The van der Waals surface area contributed by atoms with Crippen LogP contribution in [-0.4, -0.2) is 15.7 Å². The molecule has 0 aromatic carbocycles. The number of alkyl halides is 3. The SMILES string of the molecule is Cn1nc(-c2ccc(C(=O)NCc3cccs3)s2)cc1C(F)(F)F. The van der Waals surface area contributed by atoms with Crippen molar-refractivity contribution in [2.24, 2.45) is 7.05 Å². The molecule has 1 amide bonds. The van der Waals surface area contributed by atoms with Gasteiger partial charge in [0, 0.05) is 11.9 Å². The molecule has 4 nitrogen and oxygen atoms in total. The van der Waals surface area contributed by atoms with E-state index in [0.29, 0.717) is 16.3 Å². The largest absolute Gasteiger partial charge is 0.433 e. The molecule has 0 spiro atoms. The average molecular weight is 371 g/mol. The van der Waals surface area contributed by atoms with Crippen molar-refractivity contribution in [1.29, 1.82) is 0 Å². The number of aryl methyl sites for hydroxylation is 1. The van der Waals surface area contributed by atoms with E-state index in [2.05, 4.69) is 10.4 Å². The zero-order valence-corrected chi connectivity index (χ0v) is 14.1. The number of thiophene rings is 2. The fourth-order valence-corrected chi connectivity index (χ4v) is 3.64. The smallest absolute Gasteiger partial charge is 0.346 e. The summed E-state index contributed by atoms with van der Waals surface area (Å²) in [4.78, 5) is 14.1. The van der Waals surface area contributed by atoms with Gasteiger partial charge in [0.1, 0.15) is 11.4 Å². The molecule has 3 aromatic heterocycles. The molecular formula is C15H12F3N3OS2. The maximum atomic E-state index is 12.8. The highest BCUT2D eigenvalue weighted by atomic mass is 32.1. The van der Waals surface area contributed by atoms with Crippen LogP contribution in [0, 0.1) is 0 Å². The minimum absolute atomic E-state index is 0.201. The van der Waals surface area contributed by atoms with Crippen LogP contribution < -0.4 is 5.32 Å². The Labute approximate surface area is 143 Å². The van der Waals surface area contributed by atoms with Crippen molar-refractivity contribution in [2.45, 2.75) is 12.7 Å². The second kappa shape index (κ2) is 6.40. The third-order valence-corrected chi connectivity index (χ3v) is 5.24. The molecule has 0 radical (unpaired) electrons. The minimum atomic E-state index is -4.46. The van der Waals surface area contributed by atoms with E-state index in [4.69, 9.17) is 0 Å². The molecule has 126 valence electrons. The van der Waals surface area contributed by atoms with Gasteiger partial charge >= 0.3 is 6.18 Å². The lowest BCUT2D eigenvalue weighted by molar-refractivity contribution is -0.143. The third kappa shape index (κ3) is 3.51. The Balaban J connectivity index is 1.74. The molecule has 0 saturated heterocycles. The van der Waals surface area contributed by atoms with E-state index < -0.39 is 11.9 Å². The fourth-order valence-electron chi connectivity index (χ4n) is 2.12. The Hall–Kier alpha value is -2.13. The van der Waals surface area contributed by atoms with Crippen LogP contribution in [0.1, 0.15) is 20.2 Å². The maximum Gasteiger partial charge on any atom is 0.433 e. The van der Waals surface area contributed by atoms with E-state index in [1.807, 2.05) is 17.5 Å². The zero-order valence-electron chi connectivity index (χ0n) is 12.4. The molecule has 3 aromatic rings. The van der Waals surface area contributed by atoms with E-state index in [1.165, 1.54) is 18.4 Å². The number of hydrogen-bond donors (Lipinski definition) is 1. The number of carbonyl (C=O) groups is 1. The molecule has 0 saturated carbocycles. The molecular weight excluding hydrogens is 359 g/mol. The number of aromatic nitrogens is 2. The predicted octanol–water partition coefficient (Wildman–Crippen LogP) is 4.16. The lowest BCUT2D eigenvalue weighted by atomic mass is 10.3. The molecule has 1 N–H and O–H groups in total. The standard InChI is InChI=1S/C15H12F3N3OS2/c1-21-13(15(16,17)18)7-10(20-21)11-4-5-12(24-11)14(22)19-8-9-3-2-6-23-9/h2-7H,8H2,1H3,(H,19,22). The first kappa shape index (κ1) is 16.7. The Morgan fingerprint density at radius 1 is 1.33 bits per heavy atom. The summed E-state index contributed by atoms with van der Waals surface area (Å²) in [6.45, 7) is 0.422. The molecule has 3 rings (SSSR count). The van der Waals surface area contributed by atoms with Crippen LogP contribution in [0.15, 0.2) is 35.7 Å². The quantitative estimate of drug-likeness (QED) is 0.749. The van der Waals surface area contributed by atoms with Gasteiger partial charge in [0.05, 0.1) is 16.3 Å². The van der Waals surface area contributed by atoms with Gasteiger partial charge < -0.3 is 5.32 Å². The summed E-state index contributed by atoms with van der Waals surface area (Å²) in [5, 5.41) is 8.59. The topological polar surface area (TPSA) is 46.9 Å². The van der Waals surface area contributed by atoms with Gasteiger partial charge in [0.2, 0.25) is 0 Å². The summed E-state index contributed by atoms with van der Waals surface area (Å²) in [6.07, 6.45) is -4.46. The first-order valence-electron chi connectivity index (χ1n) is 6.86. The normalized spacial score (nSPS) is 11.7. The van der Waals surface area contributed by atoms with Crippen molar-refractivity contribution < 1.29 is 18.0 Å². The summed E-state index contributed by atoms with van der Waals surface area (Å²) in [5.41, 5.74) is -0.623. The molecule has 0 aliphatic heterocycles. The van der Waals surface area contributed by atoms with Crippen LogP contribution >= 0.6 is 22.7 Å². The molecule has 24 heavy (non-hydrogen) atoms. The first-order chi connectivity index (χ1) is 11.3. The minimum Gasteiger partial charge on any atom is -0.346 e. The van der Waals surface area contributed by atoms with Crippen molar-refractivity contribution in [2.75, 3.05) is 0 Å². The number of nitrogens with one attached hydrogen (secondary N) is 1. The highest BCUT2D eigenvalue weighted by molar-refractivity contribution is 7.17. The monoisotopic (exact) mass is 371 g/mol. The Morgan fingerprint density at radius 2 is 2.12 bits per heavy atom. The van der Waals surface area contributed by atoms with E-state index in [0.717, 1.165) is 27.0 Å². The zero-order chi connectivity index (χ0) is 17.3. The van der Waals surface area contributed by atoms with Crippen LogP contribution in [0.3, 0.4) is 0 Å². The van der Waals surface area contributed by atoms with Gasteiger partial charge in [0.25, 0.3) is 5.91 Å². The molecule has 0 fully saturated rings. The number of halogens is 3. The van der Waals surface area contributed by atoms with E-state index >= 15 is 0 Å². The number of hydrogen-bond acceptors (Lipinski definition) is 4. The number of rotatable bonds is 4. The van der Waals surface area contributed by atoms with Crippen molar-refractivity contribution >= 4 is 28.6 Å². The van der Waals surface area contributed by atoms with Crippen LogP contribution in [0.4, 0.5) is 13.2 Å². The summed E-state index contributed by atoms with van der Waals surface area (Å²) < 4.78 is 39.3. The average Bonchev–Trinajstić information content (AvgIpc) is 3.23. The van der Waals surface area contributed by atoms with E-state index in [9.17, 15) is 18.0 Å². The lowest BCUT2D eigenvalue weighted by Gasteiger charge is -2.04. The van der Waals surface area contributed by atoms with Crippen molar-refractivity contribution in [3.8, 4) is 10.6 Å². The van der Waals surface area contributed by atoms with Gasteiger partial charge in [-0.05, 0) is 29.6 Å². The molecule has 0 atom stereocenters. The predicted molar refractivity (Wildman–Crippen MR) is 87.0 cm³/mol. The summed E-state index contributed by atoms with van der Waals surface area (Å²) in [7, 11) is 1.24. The van der Waals surface area contributed by atoms with Gasteiger partial charge in [-0.25, -0.2) is 0 Å². The summed E-state index contributed by atoms with van der Waals surface area (Å²) in [6, 6.07) is 7.99. The second-order valence-corrected chi connectivity index (χ2v) is 7.08. The Kier molecular flexibility index (Phi) is 4.46. The van der Waals surface area contributed by atoms with Crippen molar-refractivity contribution in [3.05, 3.63) is 51.2 Å². The molecule has 0 aliphatic rings. The Morgan fingerprint density at radius 3 is 2.75 bits per heavy atom.